The number of piperazine rings is 1. The summed E-state index contributed by atoms with van der Waals surface area (Å²) in [6.45, 7) is 3.65. The van der Waals surface area contributed by atoms with Crippen molar-refractivity contribution in [2.45, 2.75) is 6.54 Å². The van der Waals surface area contributed by atoms with Crippen LogP contribution < -0.4 is 15.5 Å². The van der Waals surface area contributed by atoms with Crippen molar-refractivity contribution in [3.05, 3.63) is 66.0 Å². The number of halogens is 2. The van der Waals surface area contributed by atoms with Gasteiger partial charge >= 0.3 is 0 Å². The SMILES string of the molecule is CN=C(NCC(=O)N1CCN(c2ccccc2)CC1)NCc1cccc(F)c1.I. The number of amides is 1. The smallest absolute Gasteiger partial charge is 0.242 e. The van der Waals surface area contributed by atoms with Gasteiger partial charge in [-0.3, -0.25) is 9.79 Å². The molecule has 0 radical (unpaired) electrons. The Kier molecular flexibility index (Phi) is 9.17. The minimum atomic E-state index is -0.271. The second-order valence-electron chi connectivity index (χ2n) is 6.61. The monoisotopic (exact) mass is 511 g/mol. The van der Waals surface area contributed by atoms with Gasteiger partial charge in [0.2, 0.25) is 5.91 Å². The maximum atomic E-state index is 13.2. The Morgan fingerprint density at radius 3 is 2.41 bits per heavy atom. The minimum Gasteiger partial charge on any atom is -0.368 e. The van der Waals surface area contributed by atoms with Gasteiger partial charge in [0.05, 0.1) is 6.54 Å². The van der Waals surface area contributed by atoms with E-state index in [4.69, 9.17) is 0 Å². The first kappa shape index (κ1) is 22.9. The van der Waals surface area contributed by atoms with Crippen molar-refractivity contribution in [3.8, 4) is 0 Å². The van der Waals surface area contributed by atoms with Crippen LogP contribution in [0.1, 0.15) is 5.56 Å². The van der Waals surface area contributed by atoms with Crippen molar-refractivity contribution < 1.29 is 9.18 Å². The van der Waals surface area contributed by atoms with Crippen molar-refractivity contribution in [1.82, 2.24) is 15.5 Å². The van der Waals surface area contributed by atoms with Crippen LogP contribution in [0.4, 0.5) is 10.1 Å². The van der Waals surface area contributed by atoms with E-state index < -0.39 is 0 Å². The predicted molar refractivity (Wildman–Crippen MR) is 125 cm³/mol. The number of carbonyl (C=O) groups excluding carboxylic acids is 1. The third-order valence-electron chi connectivity index (χ3n) is 4.73. The van der Waals surface area contributed by atoms with Crippen LogP contribution >= 0.6 is 24.0 Å². The van der Waals surface area contributed by atoms with Crippen molar-refractivity contribution in [2.24, 2.45) is 4.99 Å². The average molecular weight is 511 g/mol. The number of benzene rings is 2. The molecule has 0 bridgehead atoms. The van der Waals surface area contributed by atoms with Gasteiger partial charge in [0.15, 0.2) is 5.96 Å². The number of nitrogens with zero attached hydrogens (tertiary/aromatic N) is 3. The van der Waals surface area contributed by atoms with E-state index in [0.717, 1.165) is 18.7 Å². The predicted octanol–water partition coefficient (Wildman–Crippen LogP) is 2.46. The van der Waals surface area contributed by atoms with Gasteiger partial charge in [-0.2, -0.15) is 0 Å². The minimum absolute atomic E-state index is 0. The van der Waals surface area contributed by atoms with E-state index in [1.54, 1.807) is 13.1 Å². The molecule has 8 heteroatoms. The first-order valence-electron chi connectivity index (χ1n) is 9.42. The summed E-state index contributed by atoms with van der Waals surface area (Å²) < 4.78 is 13.2. The van der Waals surface area contributed by atoms with Crippen LogP contribution in [0.3, 0.4) is 0 Å². The number of hydrogen-bond acceptors (Lipinski definition) is 3. The summed E-state index contributed by atoms with van der Waals surface area (Å²) in [5.41, 5.74) is 2.00. The standard InChI is InChI=1S/C21H26FN5O.HI/c1-23-21(24-15-17-6-5-7-18(22)14-17)25-16-20(28)27-12-10-26(11-13-27)19-8-3-2-4-9-19;/h2-9,14H,10-13,15-16H2,1H3,(H2,23,24,25);1H. The number of para-hydroxylation sites is 1. The quantitative estimate of drug-likeness (QED) is 0.368. The fourth-order valence-corrected chi connectivity index (χ4v) is 3.18. The van der Waals surface area contributed by atoms with Crippen LogP contribution in [0.5, 0.6) is 0 Å². The molecule has 1 fully saturated rings. The number of nitrogens with one attached hydrogen (secondary N) is 2. The zero-order valence-corrected chi connectivity index (χ0v) is 18.8. The van der Waals surface area contributed by atoms with Crippen LogP contribution in [0, 0.1) is 5.82 Å². The Labute approximate surface area is 188 Å². The Morgan fingerprint density at radius 2 is 1.76 bits per heavy atom. The molecular formula is C21H27FIN5O. The number of guanidine groups is 1. The molecule has 3 rings (SSSR count). The molecule has 2 N–H and O–H groups in total. The summed E-state index contributed by atoms with van der Waals surface area (Å²) in [7, 11) is 1.64. The third kappa shape index (κ3) is 6.88. The van der Waals surface area contributed by atoms with E-state index in [0.29, 0.717) is 25.6 Å². The fourth-order valence-electron chi connectivity index (χ4n) is 3.18. The van der Waals surface area contributed by atoms with E-state index in [9.17, 15) is 9.18 Å². The molecule has 0 unspecified atom stereocenters. The Morgan fingerprint density at radius 1 is 1.03 bits per heavy atom. The maximum Gasteiger partial charge on any atom is 0.242 e. The summed E-state index contributed by atoms with van der Waals surface area (Å²) in [5, 5.41) is 6.13. The number of aliphatic imine (C=N–C) groups is 1. The molecule has 1 aliphatic rings. The lowest BCUT2D eigenvalue weighted by Gasteiger charge is -2.36. The van der Waals surface area contributed by atoms with Gasteiger partial charge in [-0.15, -0.1) is 24.0 Å². The Bertz CT molecular complexity index is 810. The molecule has 2 aromatic rings. The zero-order chi connectivity index (χ0) is 19.8. The normalized spacial score (nSPS) is 14.2. The van der Waals surface area contributed by atoms with Crippen LogP contribution in [0.2, 0.25) is 0 Å². The van der Waals surface area contributed by atoms with Gasteiger partial charge in [-0.1, -0.05) is 30.3 Å². The summed E-state index contributed by atoms with van der Waals surface area (Å²) in [6.07, 6.45) is 0. The van der Waals surface area contributed by atoms with E-state index in [1.807, 2.05) is 29.2 Å². The molecule has 1 heterocycles. The molecule has 156 valence electrons. The lowest BCUT2D eigenvalue weighted by atomic mass is 10.2. The highest BCUT2D eigenvalue weighted by Gasteiger charge is 2.21. The third-order valence-corrected chi connectivity index (χ3v) is 4.73. The molecule has 0 aromatic heterocycles. The van der Waals surface area contributed by atoms with Gasteiger partial charge in [0.1, 0.15) is 5.82 Å². The summed E-state index contributed by atoms with van der Waals surface area (Å²) in [5.74, 6) is 0.286. The number of anilines is 1. The van der Waals surface area contributed by atoms with Gasteiger partial charge in [-0.25, -0.2) is 4.39 Å². The van der Waals surface area contributed by atoms with E-state index in [-0.39, 0.29) is 42.2 Å². The lowest BCUT2D eigenvalue weighted by molar-refractivity contribution is -0.130. The maximum absolute atomic E-state index is 13.2. The highest BCUT2D eigenvalue weighted by Crippen LogP contribution is 2.15. The number of rotatable bonds is 5. The summed E-state index contributed by atoms with van der Waals surface area (Å²) in [6, 6.07) is 16.6. The second-order valence-corrected chi connectivity index (χ2v) is 6.61. The Balaban J connectivity index is 0.00000300. The summed E-state index contributed by atoms with van der Waals surface area (Å²) >= 11 is 0. The van der Waals surface area contributed by atoms with Gasteiger partial charge in [-0.05, 0) is 29.8 Å². The zero-order valence-electron chi connectivity index (χ0n) is 16.5. The molecule has 1 amide bonds. The van der Waals surface area contributed by atoms with E-state index >= 15 is 0 Å². The highest BCUT2D eigenvalue weighted by molar-refractivity contribution is 14.0. The molecule has 29 heavy (non-hydrogen) atoms. The molecule has 0 atom stereocenters. The van der Waals surface area contributed by atoms with Gasteiger partial charge in [0, 0.05) is 45.5 Å². The van der Waals surface area contributed by atoms with Crippen molar-refractivity contribution in [1.29, 1.82) is 0 Å². The molecule has 1 saturated heterocycles. The van der Waals surface area contributed by atoms with E-state index in [1.165, 1.54) is 17.8 Å². The molecule has 0 aliphatic carbocycles. The molecule has 6 nitrogen and oxygen atoms in total. The molecule has 0 spiro atoms. The van der Waals surface area contributed by atoms with Crippen LogP contribution in [0.25, 0.3) is 0 Å². The fraction of sp³-hybridized carbons (Fsp3) is 0.333. The van der Waals surface area contributed by atoms with Crippen LogP contribution in [-0.4, -0.2) is 56.5 Å². The molecule has 0 saturated carbocycles. The van der Waals surface area contributed by atoms with Crippen LogP contribution in [0.15, 0.2) is 59.6 Å². The highest BCUT2D eigenvalue weighted by atomic mass is 127. The van der Waals surface area contributed by atoms with E-state index in [2.05, 4.69) is 32.7 Å². The Hall–Kier alpha value is -2.36. The first-order valence-corrected chi connectivity index (χ1v) is 9.42. The van der Waals surface area contributed by atoms with Gasteiger partial charge in [0.25, 0.3) is 0 Å². The second kappa shape index (κ2) is 11.6. The number of hydrogen-bond donors (Lipinski definition) is 2. The largest absolute Gasteiger partial charge is 0.368 e. The molecule has 1 aliphatic heterocycles. The van der Waals surface area contributed by atoms with Crippen molar-refractivity contribution in [3.63, 3.8) is 0 Å². The first-order chi connectivity index (χ1) is 13.7. The van der Waals surface area contributed by atoms with Crippen molar-refractivity contribution in [2.75, 3.05) is 44.7 Å². The lowest BCUT2D eigenvalue weighted by Crippen LogP contribution is -2.52. The summed E-state index contributed by atoms with van der Waals surface area (Å²) in [4.78, 5) is 20.8. The topological polar surface area (TPSA) is 60.0 Å². The molecular weight excluding hydrogens is 484 g/mol. The van der Waals surface area contributed by atoms with Gasteiger partial charge < -0.3 is 20.4 Å². The average Bonchev–Trinajstić information content (AvgIpc) is 2.74. The number of carbonyl (C=O) groups is 1. The molecule has 2 aromatic carbocycles. The van der Waals surface area contributed by atoms with Crippen LogP contribution in [-0.2, 0) is 11.3 Å². The van der Waals surface area contributed by atoms with Crippen molar-refractivity contribution >= 4 is 41.5 Å².